The van der Waals surface area contributed by atoms with Gasteiger partial charge in [-0.2, -0.15) is 0 Å². The molecule has 0 fully saturated rings. The zero-order valence-electron chi connectivity index (χ0n) is 6.85. The van der Waals surface area contributed by atoms with Gasteiger partial charge in [0.15, 0.2) is 0 Å². The van der Waals surface area contributed by atoms with Crippen molar-refractivity contribution in [1.29, 1.82) is 0 Å². The van der Waals surface area contributed by atoms with Crippen molar-refractivity contribution in [2.24, 2.45) is 0 Å². The first kappa shape index (κ1) is 12.4. The Hall–Kier alpha value is 0.690. The van der Waals surface area contributed by atoms with Crippen molar-refractivity contribution in [2.75, 3.05) is 13.1 Å². The van der Waals surface area contributed by atoms with Crippen molar-refractivity contribution in [3.63, 3.8) is 0 Å². The molecule has 0 spiro atoms. The molecule has 0 saturated heterocycles. The highest BCUT2D eigenvalue weighted by molar-refractivity contribution is 14.0. The number of rotatable bonds is 3. The lowest BCUT2D eigenvalue weighted by atomic mass is 10.3. The van der Waals surface area contributed by atoms with E-state index in [1.807, 2.05) is 0 Å². The van der Waals surface area contributed by atoms with Crippen LogP contribution >= 0.6 is 24.0 Å². The highest BCUT2D eigenvalue weighted by atomic mass is 127. The fourth-order valence-electron chi connectivity index (χ4n) is 0.954. The Kier molecular flexibility index (Phi) is 9.36. The van der Waals surface area contributed by atoms with E-state index in [0.717, 1.165) is 0 Å². The van der Waals surface area contributed by atoms with Gasteiger partial charge in [-0.3, -0.25) is 0 Å². The van der Waals surface area contributed by atoms with E-state index in [2.05, 4.69) is 32.6 Å². The van der Waals surface area contributed by atoms with Gasteiger partial charge >= 0.3 is 0 Å². The minimum absolute atomic E-state index is 0. The molecule has 0 rings (SSSR count). The Labute approximate surface area is 75.8 Å². The third kappa shape index (κ3) is 5.15. The standard InChI is InChI=1S/C7H17N.HI/c1-5-8(6-2)7(3)4;/h7H,5-6H2,1-4H3;1H. The maximum atomic E-state index is 2.42. The summed E-state index contributed by atoms with van der Waals surface area (Å²) < 4.78 is 0. The van der Waals surface area contributed by atoms with Crippen molar-refractivity contribution < 1.29 is 0 Å². The van der Waals surface area contributed by atoms with Gasteiger partial charge in [0, 0.05) is 6.04 Å². The summed E-state index contributed by atoms with van der Waals surface area (Å²) in [7, 11) is 0. The van der Waals surface area contributed by atoms with Crippen LogP contribution in [0.15, 0.2) is 0 Å². The lowest BCUT2D eigenvalue weighted by molar-refractivity contribution is 0.246. The number of halogens is 1. The summed E-state index contributed by atoms with van der Waals surface area (Å²) in [5, 5.41) is 0. The quantitative estimate of drug-likeness (QED) is 0.688. The third-order valence-electron chi connectivity index (χ3n) is 1.54. The molecule has 0 aliphatic carbocycles. The van der Waals surface area contributed by atoms with E-state index < -0.39 is 0 Å². The summed E-state index contributed by atoms with van der Waals surface area (Å²) in [6.07, 6.45) is 0. The van der Waals surface area contributed by atoms with E-state index >= 15 is 0 Å². The van der Waals surface area contributed by atoms with Crippen LogP contribution in [0.3, 0.4) is 0 Å². The monoisotopic (exact) mass is 243 g/mol. The molecule has 0 aliphatic rings. The molecule has 0 bridgehead atoms. The van der Waals surface area contributed by atoms with Gasteiger partial charge in [-0.1, -0.05) is 13.8 Å². The van der Waals surface area contributed by atoms with Crippen LogP contribution in [0.2, 0.25) is 0 Å². The SMILES string of the molecule is CCN(CC)C(C)C.I. The lowest BCUT2D eigenvalue weighted by Crippen LogP contribution is -2.29. The molecular formula is C7H18IN. The second-order valence-electron chi connectivity index (χ2n) is 2.31. The first-order chi connectivity index (χ1) is 3.72. The van der Waals surface area contributed by atoms with E-state index in [0.29, 0.717) is 6.04 Å². The van der Waals surface area contributed by atoms with Crippen LogP contribution < -0.4 is 0 Å². The van der Waals surface area contributed by atoms with Gasteiger partial charge in [0.05, 0.1) is 0 Å². The Balaban J connectivity index is 0. The molecule has 0 aliphatic heterocycles. The summed E-state index contributed by atoms with van der Waals surface area (Å²) in [5.74, 6) is 0. The van der Waals surface area contributed by atoms with E-state index in [9.17, 15) is 0 Å². The zero-order chi connectivity index (χ0) is 6.57. The zero-order valence-corrected chi connectivity index (χ0v) is 9.18. The summed E-state index contributed by atoms with van der Waals surface area (Å²) in [4.78, 5) is 2.42. The summed E-state index contributed by atoms with van der Waals surface area (Å²) in [5.41, 5.74) is 0. The second kappa shape index (κ2) is 6.81. The maximum absolute atomic E-state index is 2.42. The molecule has 9 heavy (non-hydrogen) atoms. The predicted octanol–water partition coefficient (Wildman–Crippen LogP) is 2.35. The third-order valence-corrected chi connectivity index (χ3v) is 1.54. The van der Waals surface area contributed by atoms with Crippen LogP contribution in [-0.2, 0) is 0 Å². The van der Waals surface area contributed by atoms with Crippen molar-refractivity contribution >= 4 is 24.0 Å². The molecule has 0 saturated carbocycles. The van der Waals surface area contributed by atoms with Gasteiger partial charge in [0.1, 0.15) is 0 Å². The van der Waals surface area contributed by atoms with Crippen molar-refractivity contribution in [3.05, 3.63) is 0 Å². The number of hydrogen-bond donors (Lipinski definition) is 0. The topological polar surface area (TPSA) is 3.24 Å². The van der Waals surface area contributed by atoms with Gasteiger partial charge in [-0.25, -0.2) is 0 Å². The molecule has 0 heterocycles. The van der Waals surface area contributed by atoms with Gasteiger partial charge in [0.2, 0.25) is 0 Å². The summed E-state index contributed by atoms with van der Waals surface area (Å²) >= 11 is 0. The van der Waals surface area contributed by atoms with Crippen molar-refractivity contribution in [1.82, 2.24) is 4.90 Å². The molecule has 0 aromatic rings. The molecule has 0 radical (unpaired) electrons. The molecule has 1 nitrogen and oxygen atoms in total. The largest absolute Gasteiger partial charge is 0.301 e. The highest BCUT2D eigenvalue weighted by Gasteiger charge is 2.00. The van der Waals surface area contributed by atoms with Crippen molar-refractivity contribution in [2.45, 2.75) is 33.7 Å². The molecule has 58 valence electrons. The first-order valence-electron chi connectivity index (χ1n) is 3.46. The molecule has 0 atom stereocenters. The molecular weight excluding hydrogens is 225 g/mol. The fourth-order valence-corrected chi connectivity index (χ4v) is 0.954. The normalized spacial score (nSPS) is 10.0. The Bertz CT molecular complexity index is 50.9. The fraction of sp³-hybridized carbons (Fsp3) is 1.00. The smallest absolute Gasteiger partial charge is 0.00383 e. The minimum Gasteiger partial charge on any atom is -0.301 e. The maximum Gasteiger partial charge on any atom is 0.00383 e. The van der Waals surface area contributed by atoms with Crippen LogP contribution in [0.4, 0.5) is 0 Å². The Morgan fingerprint density at radius 3 is 1.44 bits per heavy atom. The average Bonchev–Trinajstić information content (AvgIpc) is 1.69. The number of hydrogen-bond acceptors (Lipinski definition) is 1. The molecule has 0 amide bonds. The van der Waals surface area contributed by atoms with E-state index in [-0.39, 0.29) is 24.0 Å². The number of nitrogens with zero attached hydrogens (tertiary/aromatic N) is 1. The van der Waals surface area contributed by atoms with E-state index in [4.69, 9.17) is 0 Å². The molecule has 2 heteroatoms. The Morgan fingerprint density at radius 1 is 1.11 bits per heavy atom. The van der Waals surface area contributed by atoms with Crippen molar-refractivity contribution in [3.8, 4) is 0 Å². The molecule has 0 N–H and O–H groups in total. The van der Waals surface area contributed by atoms with Gasteiger partial charge < -0.3 is 4.90 Å². The van der Waals surface area contributed by atoms with Gasteiger partial charge in [0.25, 0.3) is 0 Å². The predicted molar refractivity (Wildman–Crippen MR) is 53.5 cm³/mol. The van der Waals surface area contributed by atoms with E-state index in [1.165, 1.54) is 13.1 Å². The summed E-state index contributed by atoms with van der Waals surface area (Å²) in [6.45, 7) is 11.2. The summed E-state index contributed by atoms with van der Waals surface area (Å²) in [6, 6.07) is 0.713. The molecule has 0 aromatic carbocycles. The molecule has 0 unspecified atom stereocenters. The highest BCUT2D eigenvalue weighted by Crippen LogP contribution is 1.94. The average molecular weight is 243 g/mol. The van der Waals surface area contributed by atoms with Crippen LogP contribution in [0, 0.1) is 0 Å². The minimum atomic E-state index is 0. The van der Waals surface area contributed by atoms with Crippen LogP contribution in [0.1, 0.15) is 27.7 Å². The van der Waals surface area contributed by atoms with Gasteiger partial charge in [-0.15, -0.1) is 24.0 Å². The van der Waals surface area contributed by atoms with E-state index in [1.54, 1.807) is 0 Å². The van der Waals surface area contributed by atoms with Crippen LogP contribution in [-0.4, -0.2) is 24.0 Å². The lowest BCUT2D eigenvalue weighted by Gasteiger charge is -2.21. The molecule has 0 aromatic heterocycles. The van der Waals surface area contributed by atoms with Crippen LogP contribution in [0.25, 0.3) is 0 Å². The van der Waals surface area contributed by atoms with Crippen LogP contribution in [0.5, 0.6) is 0 Å². The second-order valence-corrected chi connectivity index (χ2v) is 2.31. The Morgan fingerprint density at radius 2 is 1.44 bits per heavy atom. The first-order valence-corrected chi connectivity index (χ1v) is 3.46. The van der Waals surface area contributed by atoms with Gasteiger partial charge in [-0.05, 0) is 26.9 Å².